The van der Waals surface area contributed by atoms with Crippen LogP contribution in [0.4, 0.5) is 0 Å². The fourth-order valence-corrected chi connectivity index (χ4v) is 5.24. The van der Waals surface area contributed by atoms with Gasteiger partial charge < -0.3 is 9.47 Å². The van der Waals surface area contributed by atoms with Crippen molar-refractivity contribution in [1.82, 2.24) is 0 Å². The SMILES string of the molecule is COc1ccc(C(=O)/C(=C(/C(=O)c2ccc(OC)cc2)c2ccc3ccccc3c2)c2ccc3ccccc3c2)cc1. The summed E-state index contributed by atoms with van der Waals surface area (Å²) in [6, 6.07) is 41.7. The molecule has 4 nitrogen and oxygen atoms in total. The molecule has 42 heavy (non-hydrogen) atoms. The van der Waals surface area contributed by atoms with E-state index in [1.807, 2.05) is 84.9 Å². The number of hydrogen-bond acceptors (Lipinski definition) is 4. The number of fused-ring (bicyclic) bond motifs is 2. The monoisotopic (exact) mass is 548 g/mol. The lowest BCUT2D eigenvalue weighted by Gasteiger charge is -2.17. The normalized spacial score (nSPS) is 11.7. The molecule has 4 heteroatoms. The molecule has 0 saturated carbocycles. The molecule has 0 spiro atoms. The van der Waals surface area contributed by atoms with E-state index in [2.05, 4.69) is 0 Å². The fraction of sp³-hybridized carbons (Fsp3) is 0.0526. The Bertz CT molecular complexity index is 1820. The summed E-state index contributed by atoms with van der Waals surface area (Å²) < 4.78 is 10.7. The minimum Gasteiger partial charge on any atom is -0.497 e. The number of carbonyl (C=O) groups excluding carboxylic acids is 2. The van der Waals surface area contributed by atoms with E-state index in [0.29, 0.717) is 44.9 Å². The van der Waals surface area contributed by atoms with Crippen LogP contribution in [-0.4, -0.2) is 25.8 Å². The van der Waals surface area contributed by atoms with E-state index < -0.39 is 0 Å². The lowest BCUT2D eigenvalue weighted by molar-refractivity contribution is 0.103. The van der Waals surface area contributed by atoms with E-state index in [4.69, 9.17) is 9.47 Å². The van der Waals surface area contributed by atoms with Gasteiger partial charge in [0.1, 0.15) is 11.5 Å². The Hall–Kier alpha value is -5.48. The van der Waals surface area contributed by atoms with Gasteiger partial charge in [-0.3, -0.25) is 9.59 Å². The highest BCUT2D eigenvalue weighted by Gasteiger charge is 2.26. The Morgan fingerprint density at radius 1 is 0.405 bits per heavy atom. The van der Waals surface area contributed by atoms with Crippen molar-refractivity contribution in [1.29, 1.82) is 0 Å². The van der Waals surface area contributed by atoms with Gasteiger partial charge in [-0.1, -0.05) is 72.8 Å². The second kappa shape index (κ2) is 11.6. The van der Waals surface area contributed by atoms with Crippen LogP contribution < -0.4 is 9.47 Å². The summed E-state index contributed by atoms with van der Waals surface area (Å²) in [6.45, 7) is 0. The number of hydrogen-bond donors (Lipinski definition) is 0. The highest BCUT2D eigenvalue weighted by molar-refractivity contribution is 6.46. The van der Waals surface area contributed by atoms with Crippen molar-refractivity contribution in [3.05, 3.63) is 156 Å². The van der Waals surface area contributed by atoms with E-state index in [9.17, 15) is 9.59 Å². The summed E-state index contributed by atoms with van der Waals surface area (Å²) in [5.41, 5.74) is 2.92. The van der Waals surface area contributed by atoms with Crippen molar-refractivity contribution in [2.75, 3.05) is 14.2 Å². The van der Waals surface area contributed by atoms with E-state index >= 15 is 0 Å². The van der Waals surface area contributed by atoms with E-state index in [1.54, 1.807) is 62.8 Å². The summed E-state index contributed by atoms with van der Waals surface area (Å²) in [4.78, 5) is 29.0. The molecular weight excluding hydrogens is 520 g/mol. The van der Waals surface area contributed by atoms with Crippen LogP contribution in [0.25, 0.3) is 32.7 Å². The fourth-order valence-electron chi connectivity index (χ4n) is 5.24. The number of benzene rings is 6. The van der Waals surface area contributed by atoms with Crippen molar-refractivity contribution in [3.8, 4) is 11.5 Å². The molecular formula is C38H28O4. The first-order valence-electron chi connectivity index (χ1n) is 13.7. The van der Waals surface area contributed by atoms with Crippen LogP contribution in [0.15, 0.2) is 133 Å². The van der Waals surface area contributed by atoms with Gasteiger partial charge in [0.25, 0.3) is 0 Å². The molecule has 0 radical (unpaired) electrons. The Morgan fingerprint density at radius 3 is 1.10 bits per heavy atom. The maximum absolute atomic E-state index is 14.5. The number of rotatable bonds is 8. The van der Waals surface area contributed by atoms with Crippen molar-refractivity contribution in [2.24, 2.45) is 0 Å². The molecule has 0 N–H and O–H groups in total. The number of ketones is 2. The van der Waals surface area contributed by atoms with Gasteiger partial charge in [-0.2, -0.15) is 0 Å². The van der Waals surface area contributed by atoms with Crippen LogP contribution in [0.2, 0.25) is 0 Å². The summed E-state index contributed by atoms with van der Waals surface area (Å²) in [7, 11) is 3.17. The minimum absolute atomic E-state index is 0.252. The predicted molar refractivity (Wildman–Crippen MR) is 169 cm³/mol. The molecule has 0 fully saturated rings. The van der Waals surface area contributed by atoms with Gasteiger partial charge in [0.15, 0.2) is 11.6 Å². The molecule has 6 rings (SSSR count). The Balaban J connectivity index is 1.66. The Labute approximate surface area is 244 Å². The molecule has 0 aliphatic heterocycles. The van der Waals surface area contributed by atoms with Gasteiger partial charge >= 0.3 is 0 Å². The minimum atomic E-state index is -0.252. The molecule has 0 bridgehead atoms. The molecule has 0 amide bonds. The first-order chi connectivity index (χ1) is 20.6. The first kappa shape index (κ1) is 26.7. The molecule has 0 atom stereocenters. The molecule has 204 valence electrons. The van der Waals surface area contributed by atoms with Crippen LogP contribution in [0.5, 0.6) is 11.5 Å². The summed E-state index contributed by atoms with van der Waals surface area (Å²) in [5.74, 6) is 0.787. The summed E-state index contributed by atoms with van der Waals surface area (Å²) >= 11 is 0. The van der Waals surface area contributed by atoms with Crippen LogP contribution in [-0.2, 0) is 0 Å². The second-order valence-corrected chi connectivity index (χ2v) is 9.99. The van der Waals surface area contributed by atoms with E-state index in [-0.39, 0.29) is 11.6 Å². The molecule has 6 aromatic carbocycles. The highest BCUT2D eigenvalue weighted by atomic mass is 16.5. The summed E-state index contributed by atoms with van der Waals surface area (Å²) in [6.07, 6.45) is 0. The van der Waals surface area contributed by atoms with Crippen LogP contribution >= 0.6 is 0 Å². The standard InChI is InChI=1S/C38H28O4/c1-41-33-19-15-27(16-20-33)37(39)35(31-13-11-25-7-3-5-9-29(25)23-31)36(38(40)28-17-21-34(42-2)22-18-28)32-14-12-26-8-4-6-10-30(26)24-32/h3-24H,1-2H3/b36-35+. The van der Waals surface area contributed by atoms with Crippen molar-refractivity contribution in [2.45, 2.75) is 0 Å². The van der Waals surface area contributed by atoms with Crippen molar-refractivity contribution in [3.63, 3.8) is 0 Å². The van der Waals surface area contributed by atoms with Gasteiger partial charge in [0.05, 0.1) is 14.2 Å². The zero-order chi connectivity index (χ0) is 29.1. The first-order valence-corrected chi connectivity index (χ1v) is 13.7. The number of Topliss-reactive ketones (excluding diaryl/α,β-unsaturated/α-hetero) is 2. The van der Waals surface area contributed by atoms with Crippen LogP contribution in [0.3, 0.4) is 0 Å². The average Bonchev–Trinajstić information content (AvgIpc) is 3.06. The lowest BCUT2D eigenvalue weighted by atomic mass is 9.84. The molecule has 0 unspecified atom stereocenters. The largest absolute Gasteiger partial charge is 0.497 e. The molecule has 0 aromatic heterocycles. The Kier molecular flexibility index (Phi) is 7.35. The third kappa shape index (κ3) is 5.18. The van der Waals surface area contributed by atoms with Gasteiger partial charge in [-0.25, -0.2) is 0 Å². The zero-order valence-electron chi connectivity index (χ0n) is 23.3. The van der Waals surface area contributed by atoms with Gasteiger partial charge in [-0.15, -0.1) is 0 Å². The predicted octanol–water partition coefficient (Wildman–Crippen LogP) is 8.69. The van der Waals surface area contributed by atoms with Crippen LogP contribution in [0.1, 0.15) is 31.8 Å². The lowest BCUT2D eigenvalue weighted by Crippen LogP contribution is -2.12. The third-order valence-electron chi connectivity index (χ3n) is 7.48. The van der Waals surface area contributed by atoms with Gasteiger partial charge in [-0.05, 0) is 93.3 Å². The van der Waals surface area contributed by atoms with Gasteiger partial charge in [0, 0.05) is 22.3 Å². The molecule has 0 aliphatic rings. The molecule has 0 aliphatic carbocycles. The van der Waals surface area contributed by atoms with Gasteiger partial charge in [0.2, 0.25) is 0 Å². The molecule has 0 saturated heterocycles. The van der Waals surface area contributed by atoms with E-state index in [0.717, 1.165) is 21.5 Å². The quantitative estimate of drug-likeness (QED) is 0.108. The molecule has 6 aromatic rings. The summed E-state index contributed by atoms with van der Waals surface area (Å²) in [5, 5.41) is 4.05. The van der Waals surface area contributed by atoms with Crippen molar-refractivity contribution < 1.29 is 19.1 Å². The smallest absolute Gasteiger partial charge is 0.194 e. The topological polar surface area (TPSA) is 52.6 Å². The van der Waals surface area contributed by atoms with E-state index in [1.165, 1.54) is 0 Å². The third-order valence-corrected chi connectivity index (χ3v) is 7.48. The second-order valence-electron chi connectivity index (χ2n) is 9.99. The average molecular weight is 549 g/mol. The van der Waals surface area contributed by atoms with Crippen molar-refractivity contribution >= 4 is 44.3 Å². The highest BCUT2D eigenvalue weighted by Crippen LogP contribution is 2.35. The number of allylic oxidation sites excluding steroid dienone is 2. The maximum atomic E-state index is 14.5. The molecule has 0 heterocycles. The zero-order valence-corrected chi connectivity index (χ0v) is 23.3. The maximum Gasteiger partial charge on any atom is 0.194 e. The number of methoxy groups -OCH3 is 2. The van der Waals surface area contributed by atoms with Crippen LogP contribution in [0, 0.1) is 0 Å². The number of ether oxygens (including phenoxy) is 2. The Morgan fingerprint density at radius 2 is 0.738 bits per heavy atom. The number of carbonyl (C=O) groups is 2.